The summed E-state index contributed by atoms with van der Waals surface area (Å²) in [5, 5.41) is 20.6. The van der Waals surface area contributed by atoms with E-state index in [2.05, 4.69) is 0 Å². The van der Waals surface area contributed by atoms with Gasteiger partial charge < -0.3 is 10.2 Å². The van der Waals surface area contributed by atoms with Crippen molar-refractivity contribution < 1.29 is 69.3 Å². The van der Waals surface area contributed by atoms with Crippen molar-refractivity contribution >= 4 is 0 Å². The zero-order valence-corrected chi connectivity index (χ0v) is 10.1. The Kier molecular flexibility index (Phi) is 8.75. The molecule has 2 nitrogen and oxygen atoms in total. The number of rotatable bonds is 0. The molecular formula is C6H4Na2O2. The van der Waals surface area contributed by atoms with Crippen molar-refractivity contribution in [3.63, 3.8) is 0 Å². The van der Waals surface area contributed by atoms with Crippen LogP contribution < -0.4 is 69.3 Å². The molecule has 0 aliphatic carbocycles. The van der Waals surface area contributed by atoms with Crippen molar-refractivity contribution in [1.82, 2.24) is 0 Å². The van der Waals surface area contributed by atoms with E-state index in [0.29, 0.717) is 0 Å². The van der Waals surface area contributed by atoms with Crippen LogP contribution in [0.15, 0.2) is 24.3 Å². The molecule has 0 amide bonds. The SMILES string of the molecule is [Na+].[Na+].[O-]c1ccc([O-])cc1. The van der Waals surface area contributed by atoms with Gasteiger partial charge in [0.05, 0.1) is 0 Å². The number of hydrogen-bond donors (Lipinski definition) is 0. The van der Waals surface area contributed by atoms with E-state index < -0.39 is 0 Å². The Bertz CT molecular complexity index is 153. The third kappa shape index (κ3) is 4.61. The van der Waals surface area contributed by atoms with E-state index in [1.54, 1.807) is 0 Å². The molecule has 4 heteroatoms. The van der Waals surface area contributed by atoms with Crippen LogP contribution in [0.5, 0.6) is 11.5 Å². The fraction of sp³-hybridized carbons (Fsp3) is 0. The number of hydrogen-bond acceptors (Lipinski definition) is 2. The molecule has 0 saturated carbocycles. The van der Waals surface area contributed by atoms with Crippen LogP contribution in [0, 0.1) is 0 Å². The molecule has 0 atom stereocenters. The molecule has 42 valence electrons. The minimum Gasteiger partial charge on any atom is -0.872 e. The van der Waals surface area contributed by atoms with Gasteiger partial charge in [0.2, 0.25) is 0 Å². The first kappa shape index (κ1) is 13.4. The molecule has 1 rings (SSSR count). The van der Waals surface area contributed by atoms with E-state index >= 15 is 0 Å². The summed E-state index contributed by atoms with van der Waals surface area (Å²) in [6.07, 6.45) is 0. The molecule has 0 unspecified atom stereocenters. The Balaban J connectivity index is 0. The normalized spacial score (nSPS) is 7.20. The molecule has 10 heavy (non-hydrogen) atoms. The summed E-state index contributed by atoms with van der Waals surface area (Å²) in [4.78, 5) is 0. The van der Waals surface area contributed by atoms with Crippen LogP contribution in [-0.4, -0.2) is 0 Å². The van der Waals surface area contributed by atoms with Crippen molar-refractivity contribution in [2.75, 3.05) is 0 Å². The van der Waals surface area contributed by atoms with Gasteiger partial charge in [0.1, 0.15) is 0 Å². The van der Waals surface area contributed by atoms with E-state index in [1.165, 1.54) is 24.3 Å². The molecule has 1 aromatic carbocycles. The minimum atomic E-state index is -0.121. The first-order chi connectivity index (χ1) is 3.79. The van der Waals surface area contributed by atoms with Crippen LogP contribution >= 0.6 is 0 Å². The van der Waals surface area contributed by atoms with Crippen LogP contribution in [0.25, 0.3) is 0 Å². The Labute approximate surface area is 104 Å². The summed E-state index contributed by atoms with van der Waals surface area (Å²) < 4.78 is 0. The summed E-state index contributed by atoms with van der Waals surface area (Å²) in [5.41, 5.74) is 0. The zero-order chi connectivity index (χ0) is 5.98. The minimum absolute atomic E-state index is 0. The molecule has 0 radical (unpaired) electrons. The molecule has 0 aliphatic rings. The maximum absolute atomic E-state index is 10.3. The molecule has 0 aromatic heterocycles. The van der Waals surface area contributed by atoms with E-state index in [9.17, 15) is 10.2 Å². The molecule has 0 fully saturated rings. The van der Waals surface area contributed by atoms with Gasteiger partial charge in [-0.2, -0.15) is 0 Å². The van der Waals surface area contributed by atoms with Gasteiger partial charge in [-0.15, -0.1) is 11.5 Å². The molecule has 0 aliphatic heterocycles. The van der Waals surface area contributed by atoms with Gasteiger partial charge in [0.15, 0.2) is 0 Å². The molecule has 0 spiro atoms. The molecule has 0 saturated heterocycles. The molecule has 1 aromatic rings. The third-order valence-electron chi connectivity index (χ3n) is 0.824. The smallest absolute Gasteiger partial charge is 0.872 e. The van der Waals surface area contributed by atoms with Gasteiger partial charge in [-0.3, -0.25) is 0 Å². The van der Waals surface area contributed by atoms with E-state index in [1.807, 2.05) is 0 Å². The van der Waals surface area contributed by atoms with Gasteiger partial charge in [-0.05, 0) is 0 Å². The Hall–Kier alpha value is 0.820. The van der Waals surface area contributed by atoms with Gasteiger partial charge in [0.25, 0.3) is 0 Å². The predicted octanol–water partition coefficient (Wildman–Crippen LogP) is -6.16. The Morgan fingerprint density at radius 3 is 1.10 bits per heavy atom. The summed E-state index contributed by atoms with van der Waals surface area (Å²) in [7, 11) is 0. The van der Waals surface area contributed by atoms with Crippen molar-refractivity contribution in [2.24, 2.45) is 0 Å². The topological polar surface area (TPSA) is 46.1 Å². The second-order valence-corrected chi connectivity index (χ2v) is 1.47. The summed E-state index contributed by atoms with van der Waals surface area (Å²) in [5.74, 6) is -0.241. The average Bonchev–Trinajstić information content (AvgIpc) is 1.77. The summed E-state index contributed by atoms with van der Waals surface area (Å²) in [6.45, 7) is 0. The fourth-order valence-electron chi connectivity index (χ4n) is 0.440. The van der Waals surface area contributed by atoms with E-state index in [4.69, 9.17) is 0 Å². The van der Waals surface area contributed by atoms with Crippen molar-refractivity contribution in [3.8, 4) is 11.5 Å². The Morgan fingerprint density at radius 1 is 0.700 bits per heavy atom. The molecular weight excluding hydrogens is 150 g/mol. The van der Waals surface area contributed by atoms with Gasteiger partial charge >= 0.3 is 59.1 Å². The van der Waals surface area contributed by atoms with Crippen LogP contribution in [0.4, 0.5) is 0 Å². The quantitative estimate of drug-likeness (QED) is 0.349. The van der Waals surface area contributed by atoms with Crippen molar-refractivity contribution in [2.45, 2.75) is 0 Å². The largest absolute Gasteiger partial charge is 1.00 e. The zero-order valence-electron chi connectivity index (χ0n) is 6.13. The van der Waals surface area contributed by atoms with Crippen molar-refractivity contribution in [3.05, 3.63) is 24.3 Å². The van der Waals surface area contributed by atoms with Crippen LogP contribution in [0.2, 0.25) is 0 Å². The number of benzene rings is 1. The van der Waals surface area contributed by atoms with Crippen LogP contribution in [-0.2, 0) is 0 Å². The Morgan fingerprint density at radius 2 is 0.900 bits per heavy atom. The predicted molar refractivity (Wildman–Crippen MR) is 25.3 cm³/mol. The standard InChI is InChI=1S/C6H6O2.2Na/c7-5-1-2-6(8)4-3-5;;/h1-4,7-8H;;/q;2*+1/p-2. The summed E-state index contributed by atoms with van der Waals surface area (Å²) in [6, 6.07) is 5.01. The monoisotopic (exact) mass is 154 g/mol. The van der Waals surface area contributed by atoms with Crippen LogP contribution in [0.1, 0.15) is 0 Å². The molecule has 0 bridgehead atoms. The first-order valence-corrected chi connectivity index (χ1v) is 2.23. The second kappa shape index (κ2) is 6.53. The fourth-order valence-corrected chi connectivity index (χ4v) is 0.440. The molecule has 0 N–H and O–H groups in total. The van der Waals surface area contributed by atoms with Gasteiger partial charge in [0, 0.05) is 0 Å². The van der Waals surface area contributed by atoms with Crippen LogP contribution in [0.3, 0.4) is 0 Å². The summed E-state index contributed by atoms with van der Waals surface area (Å²) >= 11 is 0. The van der Waals surface area contributed by atoms with Gasteiger partial charge in [-0.1, -0.05) is 24.3 Å². The van der Waals surface area contributed by atoms with Crippen molar-refractivity contribution in [1.29, 1.82) is 0 Å². The third-order valence-corrected chi connectivity index (χ3v) is 0.824. The maximum atomic E-state index is 10.3. The average molecular weight is 154 g/mol. The maximum Gasteiger partial charge on any atom is 1.00 e. The first-order valence-electron chi connectivity index (χ1n) is 2.23. The van der Waals surface area contributed by atoms with E-state index in [0.717, 1.165) is 0 Å². The van der Waals surface area contributed by atoms with E-state index in [-0.39, 0.29) is 70.6 Å². The molecule has 0 heterocycles. The van der Waals surface area contributed by atoms with Gasteiger partial charge in [-0.25, -0.2) is 0 Å². The second-order valence-electron chi connectivity index (χ2n) is 1.47.